The summed E-state index contributed by atoms with van der Waals surface area (Å²) < 4.78 is 0. The molecule has 0 unspecified atom stereocenters. The average Bonchev–Trinajstić information content (AvgIpc) is 2.39. The summed E-state index contributed by atoms with van der Waals surface area (Å²) in [5.74, 6) is -0.404. The summed E-state index contributed by atoms with van der Waals surface area (Å²) in [5.41, 5.74) is 8.88. The van der Waals surface area contributed by atoms with Crippen LogP contribution in [-0.2, 0) is 0 Å². The van der Waals surface area contributed by atoms with Crippen molar-refractivity contribution in [1.82, 2.24) is 0 Å². The highest BCUT2D eigenvalue weighted by atomic mass is 16.1. The summed E-state index contributed by atoms with van der Waals surface area (Å²) in [6, 6.07) is 15.4. The number of nitrogens with zero attached hydrogens (tertiary/aromatic N) is 1. The van der Waals surface area contributed by atoms with Crippen LogP contribution in [0.4, 0.5) is 5.69 Å². The van der Waals surface area contributed by atoms with Crippen molar-refractivity contribution in [1.29, 1.82) is 0 Å². The molecule has 0 heterocycles. The summed E-state index contributed by atoms with van der Waals surface area (Å²) in [6.07, 6.45) is 0. The van der Waals surface area contributed by atoms with Crippen molar-refractivity contribution in [3.63, 3.8) is 0 Å². The Balaban J connectivity index is 2.62. The predicted octanol–water partition coefficient (Wildman–Crippen LogP) is 2.52. The van der Waals surface area contributed by atoms with Crippen molar-refractivity contribution in [2.45, 2.75) is 0 Å². The Morgan fingerprint density at radius 3 is 2.28 bits per heavy atom. The van der Waals surface area contributed by atoms with Gasteiger partial charge in [-0.2, -0.15) is 0 Å². The molecule has 0 radical (unpaired) electrons. The second-order valence-corrected chi connectivity index (χ2v) is 4.35. The van der Waals surface area contributed by atoms with Crippen LogP contribution in [0.15, 0.2) is 48.5 Å². The highest BCUT2D eigenvalue weighted by molar-refractivity contribution is 6.00. The molecule has 3 heteroatoms. The molecule has 0 atom stereocenters. The van der Waals surface area contributed by atoms with Crippen molar-refractivity contribution in [3.05, 3.63) is 54.1 Å². The number of anilines is 1. The third-order valence-corrected chi connectivity index (χ3v) is 2.87. The van der Waals surface area contributed by atoms with Crippen LogP contribution in [0.3, 0.4) is 0 Å². The second kappa shape index (κ2) is 4.92. The maximum Gasteiger partial charge on any atom is 0.249 e. The minimum Gasteiger partial charge on any atom is -0.378 e. The minimum absolute atomic E-state index is 0.404. The molecule has 18 heavy (non-hydrogen) atoms. The van der Waals surface area contributed by atoms with Crippen molar-refractivity contribution in [2.75, 3.05) is 19.0 Å². The van der Waals surface area contributed by atoms with Gasteiger partial charge in [-0.05, 0) is 29.3 Å². The fraction of sp³-hybridized carbons (Fsp3) is 0.133. The Labute approximate surface area is 107 Å². The summed E-state index contributed by atoms with van der Waals surface area (Å²) in [7, 11) is 3.93. The molecular weight excluding hydrogens is 224 g/mol. The van der Waals surface area contributed by atoms with Crippen LogP contribution in [0.2, 0.25) is 0 Å². The molecule has 2 aromatic carbocycles. The Hall–Kier alpha value is -2.29. The number of nitrogens with two attached hydrogens (primary N) is 1. The van der Waals surface area contributed by atoms with E-state index in [9.17, 15) is 4.79 Å². The van der Waals surface area contributed by atoms with Crippen LogP contribution in [0, 0.1) is 0 Å². The number of hydrogen-bond donors (Lipinski definition) is 1. The third-order valence-electron chi connectivity index (χ3n) is 2.87. The van der Waals surface area contributed by atoms with Gasteiger partial charge in [0.05, 0.1) is 0 Å². The normalized spacial score (nSPS) is 10.1. The first-order valence-electron chi connectivity index (χ1n) is 5.76. The summed E-state index contributed by atoms with van der Waals surface area (Å²) in [6.45, 7) is 0. The van der Waals surface area contributed by atoms with Gasteiger partial charge in [0, 0.05) is 25.3 Å². The summed E-state index contributed by atoms with van der Waals surface area (Å²) in [4.78, 5) is 13.5. The van der Waals surface area contributed by atoms with E-state index < -0.39 is 5.91 Å². The van der Waals surface area contributed by atoms with Crippen molar-refractivity contribution in [2.24, 2.45) is 5.73 Å². The maximum absolute atomic E-state index is 11.5. The van der Waals surface area contributed by atoms with E-state index in [2.05, 4.69) is 0 Å². The van der Waals surface area contributed by atoms with E-state index in [-0.39, 0.29) is 0 Å². The first-order chi connectivity index (χ1) is 8.59. The predicted molar refractivity (Wildman–Crippen MR) is 74.7 cm³/mol. The molecule has 0 aliphatic heterocycles. The number of rotatable bonds is 3. The first-order valence-corrected chi connectivity index (χ1v) is 5.76. The second-order valence-electron chi connectivity index (χ2n) is 4.35. The van der Waals surface area contributed by atoms with Crippen LogP contribution in [0.5, 0.6) is 0 Å². The van der Waals surface area contributed by atoms with Gasteiger partial charge in [-0.3, -0.25) is 4.79 Å². The molecule has 1 amide bonds. The number of hydrogen-bond acceptors (Lipinski definition) is 2. The van der Waals surface area contributed by atoms with E-state index in [1.54, 1.807) is 6.07 Å². The SMILES string of the molecule is CN(C)c1ccc(C(N)=O)c(-c2ccccc2)c1. The van der Waals surface area contributed by atoms with Gasteiger partial charge in [0.15, 0.2) is 0 Å². The Bertz CT molecular complexity index is 562. The van der Waals surface area contributed by atoms with Crippen LogP contribution in [0.1, 0.15) is 10.4 Å². The fourth-order valence-electron chi connectivity index (χ4n) is 1.88. The largest absolute Gasteiger partial charge is 0.378 e. The zero-order chi connectivity index (χ0) is 13.1. The summed E-state index contributed by atoms with van der Waals surface area (Å²) >= 11 is 0. The molecule has 2 aromatic rings. The van der Waals surface area contributed by atoms with Gasteiger partial charge in [-0.25, -0.2) is 0 Å². The molecule has 0 aliphatic rings. The lowest BCUT2D eigenvalue weighted by Gasteiger charge is -2.15. The minimum atomic E-state index is -0.404. The zero-order valence-electron chi connectivity index (χ0n) is 10.6. The number of benzene rings is 2. The summed E-state index contributed by atoms with van der Waals surface area (Å²) in [5, 5.41) is 0. The average molecular weight is 240 g/mol. The van der Waals surface area contributed by atoms with Gasteiger partial charge in [-0.15, -0.1) is 0 Å². The fourth-order valence-corrected chi connectivity index (χ4v) is 1.88. The smallest absolute Gasteiger partial charge is 0.249 e. The van der Waals surface area contributed by atoms with E-state index in [0.717, 1.165) is 16.8 Å². The molecule has 0 saturated carbocycles. The lowest BCUT2D eigenvalue weighted by atomic mass is 9.98. The van der Waals surface area contributed by atoms with Crippen molar-refractivity contribution < 1.29 is 4.79 Å². The van der Waals surface area contributed by atoms with Gasteiger partial charge in [0.2, 0.25) is 5.91 Å². The third kappa shape index (κ3) is 2.35. The van der Waals surface area contributed by atoms with Gasteiger partial charge >= 0.3 is 0 Å². The zero-order valence-corrected chi connectivity index (χ0v) is 10.6. The Morgan fingerprint density at radius 2 is 1.72 bits per heavy atom. The molecular formula is C15H16N2O. The maximum atomic E-state index is 11.5. The lowest BCUT2D eigenvalue weighted by molar-refractivity contribution is 0.100. The van der Waals surface area contributed by atoms with Gasteiger partial charge < -0.3 is 10.6 Å². The molecule has 0 fully saturated rings. The Kier molecular flexibility index (Phi) is 3.33. The van der Waals surface area contributed by atoms with E-state index in [1.165, 1.54) is 0 Å². The quantitative estimate of drug-likeness (QED) is 0.896. The van der Waals surface area contributed by atoms with Gasteiger partial charge in [0.1, 0.15) is 0 Å². The number of carbonyl (C=O) groups excluding carboxylic acids is 1. The highest BCUT2D eigenvalue weighted by Crippen LogP contribution is 2.27. The van der Waals surface area contributed by atoms with E-state index in [1.807, 2.05) is 61.5 Å². The van der Waals surface area contributed by atoms with Gasteiger partial charge in [0.25, 0.3) is 0 Å². The molecule has 2 N–H and O–H groups in total. The lowest BCUT2D eigenvalue weighted by Crippen LogP contribution is -2.14. The van der Waals surface area contributed by atoms with Gasteiger partial charge in [-0.1, -0.05) is 30.3 Å². The van der Waals surface area contributed by atoms with E-state index in [4.69, 9.17) is 5.73 Å². The van der Waals surface area contributed by atoms with Crippen LogP contribution in [0.25, 0.3) is 11.1 Å². The topological polar surface area (TPSA) is 46.3 Å². The van der Waals surface area contributed by atoms with Crippen molar-refractivity contribution >= 4 is 11.6 Å². The molecule has 0 bridgehead atoms. The monoisotopic (exact) mass is 240 g/mol. The number of primary amides is 1. The van der Waals surface area contributed by atoms with Crippen LogP contribution in [-0.4, -0.2) is 20.0 Å². The molecule has 0 spiro atoms. The molecule has 0 aromatic heterocycles. The molecule has 3 nitrogen and oxygen atoms in total. The van der Waals surface area contributed by atoms with E-state index >= 15 is 0 Å². The van der Waals surface area contributed by atoms with E-state index in [0.29, 0.717) is 5.56 Å². The molecule has 92 valence electrons. The highest BCUT2D eigenvalue weighted by Gasteiger charge is 2.11. The van der Waals surface area contributed by atoms with Crippen LogP contribution >= 0.6 is 0 Å². The molecule has 0 saturated heterocycles. The molecule has 0 aliphatic carbocycles. The molecule has 2 rings (SSSR count). The number of amides is 1. The Morgan fingerprint density at radius 1 is 1.06 bits per heavy atom. The number of carbonyl (C=O) groups is 1. The van der Waals surface area contributed by atoms with Crippen LogP contribution < -0.4 is 10.6 Å². The first kappa shape index (κ1) is 12.2. The standard InChI is InChI=1S/C15H16N2O/c1-17(2)12-8-9-13(15(16)18)14(10-12)11-6-4-3-5-7-11/h3-10H,1-2H3,(H2,16,18). The van der Waals surface area contributed by atoms with Crippen molar-refractivity contribution in [3.8, 4) is 11.1 Å².